The minimum absolute atomic E-state index is 0.0965. The second-order valence-corrected chi connectivity index (χ2v) is 10.8. The molecule has 0 saturated carbocycles. The Hall–Kier alpha value is -3.43. The van der Waals surface area contributed by atoms with E-state index in [1.165, 1.54) is 0 Å². The molecule has 9 heteroatoms. The van der Waals surface area contributed by atoms with E-state index < -0.39 is 0 Å². The first-order chi connectivity index (χ1) is 18.5. The van der Waals surface area contributed by atoms with Crippen molar-refractivity contribution < 1.29 is 9.59 Å². The molecule has 1 aromatic heterocycles. The molecule has 38 heavy (non-hydrogen) atoms. The van der Waals surface area contributed by atoms with E-state index in [9.17, 15) is 9.59 Å². The van der Waals surface area contributed by atoms with Crippen LogP contribution in [0.1, 0.15) is 22.8 Å². The summed E-state index contributed by atoms with van der Waals surface area (Å²) in [7, 11) is 2.09. The van der Waals surface area contributed by atoms with Gasteiger partial charge in [-0.1, -0.05) is 54.2 Å². The van der Waals surface area contributed by atoms with Crippen LogP contribution in [0.25, 0.3) is 11.3 Å². The number of carbonyl (C=O) groups excluding carboxylic acids is 2. The van der Waals surface area contributed by atoms with Crippen molar-refractivity contribution in [1.29, 1.82) is 0 Å². The SMILES string of the molecule is CC(=O)N1CCN(c2cc(-c3ccccc3)nc(SCc3cccc(C(=O)N4CCN(C)CC4)c3)n2)CC1. The summed E-state index contributed by atoms with van der Waals surface area (Å²) in [4.78, 5) is 42.9. The van der Waals surface area contributed by atoms with Gasteiger partial charge in [-0.3, -0.25) is 9.59 Å². The first-order valence-corrected chi connectivity index (χ1v) is 14.1. The normalized spacial score (nSPS) is 16.5. The lowest BCUT2D eigenvalue weighted by Gasteiger charge is -2.35. The Kier molecular flexibility index (Phi) is 8.24. The number of thioether (sulfide) groups is 1. The number of anilines is 1. The largest absolute Gasteiger partial charge is 0.353 e. The molecule has 0 radical (unpaired) electrons. The standard InChI is InChI=1S/C29H34N6O2S/c1-22(36)33-15-17-34(18-16-33)27-20-26(24-8-4-3-5-9-24)30-29(31-27)38-21-23-7-6-10-25(19-23)28(37)35-13-11-32(2)12-14-35/h3-10,19-20H,11-18,21H2,1-2H3. The van der Waals surface area contributed by atoms with Crippen LogP contribution < -0.4 is 4.90 Å². The van der Waals surface area contributed by atoms with Crippen molar-refractivity contribution in [1.82, 2.24) is 24.7 Å². The van der Waals surface area contributed by atoms with Crippen molar-refractivity contribution in [3.8, 4) is 11.3 Å². The number of benzene rings is 2. The number of amides is 2. The molecule has 3 heterocycles. The lowest BCUT2D eigenvalue weighted by Crippen LogP contribution is -2.48. The van der Waals surface area contributed by atoms with E-state index >= 15 is 0 Å². The highest BCUT2D eigenvalue weighted by atomic mass is 32.2. The summed E-state index contributed by atoms with van der Waals surface area (Å²) in [6.07, 6.45) is 0. The van der Waals surface area contributed by atoms with Crippen molar-refractivity contribution in [3.05, 3.63) is 71.8 Å². The Morgan fingerprint density at radius 1 is 0.816 bits per heavy atom. The van der Waals surface area contributed by atoms with Crippen molar-refractivity contribution in [3.63, 3.8) is 0 Å². The number of nitrogens with zero attached hydrogens (tertiary/aromatic N) is 6. The van der Waals surface area contributed by atoms with Crippen LogP contribution in [0.15, 0.2) is 65.8 Å². The molecule has 2 fully saturated rings. The van der Waals surface area contributed by atoms with Crippen LogP contribution in [0.3, 0.4) is 0 Å². The molecule has 3 aromatic rings. The van der Waals surface area contributed by atoms with Crippen molar-refractivity contribution in [2.24, 2.45) is 0 Å². The third-order valence-corrected chi connectivity index (χ3v) is 8.06. The zero-order valence-electron chi connectivity index (χ0n) is 22.0. The maximum absolute atomic E-state index is 13.1. The van der Waals surface area contributed by atoms with Gasteiger partial charge in [-0.25, -0.2) is 9.97 Å². The summed E-state index contributed by atoms with van der Waals surface area (Å²) in [5.41, 5.74) is 3.72. The maximum Gasteiger partial charge on any atom is 0.253 e. The number of carbonyl (C=O) groups is 2. The zero-order chi connectivity index (χ0) is 26.5. The van der Waals surface area contributed by atoms with Gasteiger partial charge in [0.25, 0.3) is 5.91 Å². The predicted octanol–water partition coefficient (Wildman–Crippen LogP) is 3.49. The highest BCUT2D eigenvalue weighted by Crippen LogP contribution is 2.28. The van der Waals surface area contributed by atoms with Crippen LogP contribution in [-0.4, -0.2) is 95.9 Å². The monoisotopic (exact) mass is 530 g/mol. The fourth-order valence-electron chi connectivity index (χ4n) is 4.78. The summed E-state index contributed by atoms with van der Waals surface area (Å²) in [5.74, 6) is 1.75. The predicted molar refractivity (Wildman–Crippen MR) is 151 cm³/mol. The van der Waals surface area contributed by atoms with E-state index in [-0.39, 0.29) is 11.8 Å². The zero-order valence-corrected chi connectivity index (χ0v) is 22.9. The number of hydrogen-bond donors (Lipinski definition) is 0. The van der Waals surface area contributed by atoms with Gasteiger partial charge in [0.15, 0.2) is 5.16 Å². The Morgan fingerprint density at radius 2 is 1.53 bits per heavy atom. The van der Waals surface area contributed by atoms with Crippen molar-refractivity contribution in [2.75, 3.05) is 64.3 Å². The Bertz CT molecular complexity index is 1270. The van der Waals surface area contributed by atoms with Gasteiger partial charge < -0.3 is 19.6 Å². The Labute approximate surface area is 228 Å². The molecule has 0 spiro atoms. The minimum atomic E-state index is 0.0965. The Balaban J connectivity index is 1.33. The van der Waals surface area contributed by atoms with Gasteiger partial charge in [-0.15, -0.1) is 0 Å². The summed E-state index contributed by atoms with van der Waals surface area (Å²) in [5, 5.41) is 0.700. The van der Waals surface area contributed by atoms with Gasteiger partial charge in [0, 0.05) is 82.2 Å². The first-order valence-electron chi connectivity index (χ1n) is 13.1. The van der Waals surface area contributed by atoms with Gasteiger partial charge in [0.1, 0.15) is 5.82 Å². The van der Waals surface area contributed by atoms with E-state index in [4.69, 9.17) is 9.97 Å². The third-order valence-electron chi connectivity index (χ3n) is 7.14. The second kappa shape index (κ2) is 12.0. The lowest BCUT2D eigenvalue weighted by atomic mass is 10.1. The lowest BCUT2D eigenvalue weighted by molar-refractivity contribution is -0.129. The van der Waals surface area contributed by atoms with Gasteiger partial charge in [0.05, 0.1) is 5.69 Å². The fraction of sp³-hybridized carbons (Fsp3) is 0.379. The van der Waals surface area contributed by atoms with E-state index in [0.29, 0.717) is 24.0 Å². The molecule has 2 amide bonds. The van der Waals surface area contributed by atoms with Crippen molar-refractivity contribution >= 4 is 29.4 Å². The topological polar surface area (TPSA) is 72.9 Å². The third kappa shape index (κ3) is 6.34. The van der Waals surface area contributed by atoms with Gasteiger partial charge in [-0.05, 0) is 24.7 Å². The molecule has 0 unspecified atom stereocenters. The highest BCUT2D eigenvalue weighted by molar-refractivity contribution is 7.98. The number of hydrogen-bond acceptors (Lipinski definition) is 7. The maximum atomic E-state index is 13.1. The number of rotatable bonds is 6. The smallest absolute Gasteiger partial charge is 0.253 e. The number of piperazine rings is 2. The van der Waals surface area contributed by atoms with Crippen LogP contribution in [0.2, 0.25) is 0 Å². The fourth-order valence-corrected chi connectivity index (χ4v) is 5.58. The van der Waals surface area contributed by atoms with E-state index in [2.05, 4.69) is 35.0 Å². The summed E-state index contributed by atoms with van der Waals surface area (Å²) in [6, 6.07) is 20.1. The first kappa shape index (κ1) is 26.2. The van der Waals surface area contributed by atoms with Crippen LogP contribution in [-0.2, 0) is 10.5 Å². The minimum Gasteiger partial charge on any atom is -0.353 e. The average molecular weight is 531 g/mol. The molecular weight excluding hydrogens is 496 g/mol. The van der Waals surface area contributed by atoms with Crippen LogP contribution in [0.5, 0.6) is 0 Å². The molecule has 2 aliphatic heterocycles. The molecule has 2 aromatic carbocycles. The molecule has 2 aliphatic rings. The van der Waals surface area contributed by atoms with E-state index in [1.54, 1.807) is 18.7 Å². The molecule has 0 bridgehead atoms. The molecule has 0 N–H and O–H groups in total. The van der Waals surface area contributed by atoms with Crippen molar-refractivity contribution in [2.45, 2.75) is 17.8 Å². The molecule has 0 atom stereocenters. The molecule has 8 nitrogen and oxygen atoms in total. The van der Waals surface area contributed by atoms with Crippen LogP contribution >= 0.6 is 11.8 Å². The van der Waals surface area contributed by atoms with Gasteiger partial charge in [-0.2, -0.15) is 0 Å². The van der Waals surface area contributed by atoms with Crippen LogP contribution in [0, 0.1) is 0 Å². The summed E-state index contributed by atoms with van der Waals surface area (Å²) in [6.45, 7) is 7.82. The number of likely N-dealkylation sites (N-methyl/N-ethyl adjacent to an activating group) is 1. The molecule has 5 rings (SSSR count). The molecular formula is C29H34N6O2S. The quantitative estimate of drug-likeness (QED) is 0.357. The second-order valence-electron chi connectivity index (χ2n) is 9.84. The summed E-state index contributed by atoms with van der Waals surface area (Å²) >= 11 is 1.58. The van der Waals surface area contributed by atoms with Gasteiger partial charge >= 0.3 is 0 Å². The van der Waals surface area contributed by atoms with E-state index in [0.717, 1.165) is 67.5 Å². The van der Waals surface area contributed by atoms with Gasteiger partial charge in [0.2, 0.25) is 5.91 Å². The van der Waals surface area contributed by atoms with Crippen LogP contribution in [0.4, 0.5) is 5.82 Å². The molecule has 2 saturated heterocycles. The van der Waals surface area contributed by atoms with E-state index in [1.807, 2.05) is 52.3 Å². The molecule has 198 valence electrons. The Morgan fingerprint density at radius 3 is 2.24 bits per heavy atom. The summed E-state index contributed by atoms with van der Waals surface area (Å²) < 4.78 is 0. The average Bonchev–Trinajstić information content (AvgIpc) is 2.96. The number of aromatic nitrogens is 2. The molecule has 0 aliphatic carbocycles. The highest BCUT2D eigenvalue weighted by Gasteiger charge is 2.22.